The van der Waals surface area contributed by atoms with Gasteiger partial charge in [0, 0.05) is 18.8 Å². The van der Waals surface area contributed by atoms with Crippen LogP contribution in [-0.2, 0) is 17.6 Å². The second-order valence-corrected chi connectivity index (χ2v) is 10.1. The molecule has 0 amide bonds. The Kier molecular flexibility index (Phi) is 9.67. The van der Waals surface area contributed by atoms with Crippen LogP contribution in [0.5, 0.6) is 0 Å². The highest BCUT2D eigenvalue weighted by Crippen LogP contribution is 2.40. The highest BCUT2D eigenvalue weighted by atomic mass is 16.5. The fraction of sp³-hybridized carbons (Fsp3) is 0.778. The van der Waals surface area contributed by atoms with E-state index in [1.165, 1.54) is 80.9 Å². The topological polar surface area (TPSA) is 55.5 Å². The van der Waals surface area contributed by atoms with Crippen molar-refractivity contribution in [3.63, 3.8) is 0 Å². The lowest BCUT2D eigenvalue weighted by Crippen LogP contribution is -2.40. The van der Waals surface area contributed by atoms with Crippen LogP contribution in [0.3, 0.4) is 0 Å². The first kappa shape index (κ1) is 23.8. The van der Waals surface area contributed by atoms with E-state index in [1.54, 1.807) is 0 Å². The van der Waals surface area contributed by atoms with Crippen LogP contribution >= 0.6 is 0 Å². The second kappa shape index (κ2) is 12.2. The Bertz CT molecular complexity index is 631. The lowest BCUT2D eigenvalue weighted by Gasteiger charge is -2.26. The maximum Gasteiger partial charge on any atom is 0.0611 e. The predicted octanol–water partition coefficient (Wildman–Crippen LogP) is 5.91. The van der Waals surface area contributed by atoms with Crippen molar-refractivity contribution in [3.05, 3.63) is 34.9 Å². The summed E-state index contributed by atoms with van der Waals surface area (Å²) in [7, 11) is 0. The Morgan fingerprint density at radius 1 is 1.03 bits per heavy atom. The van der Waals surface area contributed by atoms with Crippen LogP contribution in [0.1, 0.15) is 107 Å². The number of ether oxygens (including phenoxy) is 1. The molecule has 0 spiro atoms. The van der Waals surface area contributed by atoms with Gasteiger partial charge in [-0.3, -0.25) is 0 Å². The third-order valence-corrected chi connectivity index (χ3v) is 7.49. The van der Waals surface area contributed by atoms with Crippen LogP contribution in [-0.4, -0.2) is 30.5 Å². The SMILES string of the molecule is CCCCCCCCCCOC[C@H]1CCc2cc([C@H]3CC[C@](N)(CO)C3)ccc2C1. The van der Waals surface area contributed by atoms with Gasteiger partial charge < -0.3 is 15.6 Å². The molecule has 1 fully saturated rings. The molecule has 1 saturated carbocycles. The minimum absolute atomic E-state index is 0.106. The first-order chi connectivity index (χ1) is 14.6. The molecule has 3 heteroatoms. The first-order valence-electron chi connectivity index (χ1n) is 12.7. The standard InChI is InChI=1S/C27H45NO2/c1-2-3-4-5-6-7-8-9-16-30-20-22-10-11-24-18-25(13-12-23(24)17-22)26-14-15-27(28,19-26)21-29/h12-13,18,22,26,29H,2-11,14-17,19-21,28H2,1H3/t22-,26-,27+/m0/s1. The summed E-state index contributed by atoms with van der Waals surface area (Å²) in [6.07, 6.45) is 17.4. The molecular formula is C27H45NO2. The van der Waals surface area contributed by atoms with Crippen LogP contribution < -0.4 is 5.73 Å². The molecule has 170 valence electrons. The van der Waals surface area contributed by atoms with E-state index in [9.17, 15) is 5.11 Å². The Labute approximate surface area is 184 Å². The van der Waals surface area contributed by atoms with Gasteiger partial charge in [-0.2, -0.15) is 0 Å². The minimum atomic E-state index is -0.363. The lowest BCUT2D eigenvalue weighted by atomic mass is 9.82. The number of aliphatic hydroxyl groups is 1. The third-order valence-electron chi connectivity index (χ3n) is 7.49. The number of rotatable bonds is 13. The van der Waals surface area contributed by atoms with Crippen molar-refractivity contribution < 1.29 is 9.84 Å². The Morgan fingerprint density at radius 2 is 1.80 bits per heavy atom. The Morgan fingerprint density at radius 3 is 2.53 bits per heavy atom. The van der Waals surface area contributed by atoms with E-state index in [0.29, 0.717) is 11.8 Å². The Balaban J connectivity index is 1.32. The van der Waals surface area contributed by atoms with Crippen molar-refractivity contribution in [2.24, 2.45) is 11.7 Å². The summed E-state index contributed by atoms with van der Waals surface area (Å²) in [5, 5.41) is 9.55. The van der Waals surface area contributed by atoms with Crippen LogP contribution in [0.15, 0.2) is 18.2 Å². The molecule has 3 rings (SSSR count). The highest BCUT2D eigenvalue weighted by Gasteiger charge is 2.36. The van der Waals surface area contributed by atoms with Gasteiger partial charge in [0.25, 0.3) is 0 Å². The summed E-state index contributed by atoms with van der Waals surface area (Å²) < 4.78 is 6.04. The molecule has 30 heavy (non-hydrogen) atoms. The fourth-order valence-electron chi connectivity index (χ4n) is 5.42. The van der Waals surface area contributed by atoms with Crippen molar-refractivity contribution in [2.75, 3.05) is 19.8 Å². The van der Waals surface area contributed by atoms with E-state index in [4.69, 9.17) is 10.5 Å². The maximum absolute atomic E-state index is 9.55. The molecule has 0 aliphatic heterocycles. The molecule has 0 heterocycles. The zero-order chi connectivity index (χ0) is 21.2. The van der Waals surface area contributed by atoms with Gasteiger partial charge in [-0.15, -0.1) is 0 Å². The average molecular weight is 416 g/mol. The van der Waals surface area contributed by atoms with Crippen LogP contribution in [0.2, 0.25) is 0 Å². The van der Waals surface area contributed by atoms with Crippen LogP contribution in [0.25, 0.3) is 0 Å². The molecule has 2 aliphatic rings. The van der Waals surface area contributed by atoms with E-state index in [1.807, 2.05) is 0 Å². The number of hydrogen-bond donors (Lipinski definition) is 2. The lowest BCUT2D eigenvalue weighted by molar-refractivity contribution is 0.0911. The largest absolute Gasteiger partial charge is 0.394 e. The van der Waals surface area contributed by atoms with Gasteiger partial charge in [0.15, 0.2) is 0 Å². The van der Waals surface area contributed by atoms with E-state index in [0.717, 1.165) is 38.9 Å². The number of fused-ring (bicyclic) bond motifs is 1. The van der Waals surface area contributed by atoms with Gasteiger partial charge in [0.1, 0.15) is 0 Å². The van der Waals surface area contributed by atoms with Gasteiger partial charge in [0.05, 0.1) is 6.61 Å². The fourth-order valence-corrected chi connectivity index (χ4v) is 5.42. The van der Waals surface area contributed by atoms with Gasteiger partial charge >= 0.3 is 0 Å². The summed E-state index contributed by atoms with van der Waals surface area (Å²) >= 11 is 0. The zero-order valence-corrected chi connectivity index (χ0v) is 19.3. The number of nitrogens with two attached hydrogens (primary N) is 1. The second-order valence-electron chi connectivity index (χ2n) is 10.1. The molecule has 2 aliphatic carbocycles. The van der Waals surface area contributed by atoms with Crippen molar-refractivity contribution in [1.82, 2.24) is 0 Å². The molecule has 3 nitrogen and oxygen atoms in total. The number of aryl methyl sites for hydroxylation is 1. The van der Waals surface area contributed by atoms with E-state index >= 15 is 0 Å². The first-order valence-corrected chi connectivity index (χ1v) is 12.7. The van der Waals surface area contributed by atoms with Crippen molar-refractivity contribution >= 4 is 0 Å². The van der Waals surface area contributed by atoms with Crippen LogP contribution in [0.4, 0.5) is 0 Å². The molecular weight excluding hydrogens is 370 g/mol. The summed E-state index contributed by atoms with van der Waals surface area (Å²) in [5.74, 6) is 1.19. The van der Waals surface area contributed by atoms with Gasteiger partial charge in [-0.1, -0.05) is 70.1 Å². The maximum atomic E-state index is 9.55. The monoisotopic (exact) mass is 415 g/mol. The van der Waals surface area contributed by atoms with E-state index < -0.39 is 0 Å². The highest BCUT2D eigenvalue weighted by molar-refractivity contribution is 5.36. The van der Waals surface area contributed by atoms with Gasteiger partial charge in [0.2, 0.25) is 0 Å². The third kappa shape index (κ3) is 7.07. The predicted molar refractivity (Wildman–Crippen MR) is 126 cm³/mol. The van der Waals surface area contributed by atoms with Gasteiger partial charge in [-0.05, 0) is 73.5 Å². The normalized spacial score (nSPS) is 26.1. The van der Waals surface area contributed by atoms with Crippen molar-refractivity contribution in [2.45, 2.75) is 108 Å². The van der Waals surface area contributed by atoms with Crippen molar-refractivity contribution in [1.29, 1.82) is 0 Å². The summed E-state index contributed by atoms with van der Waals surface area (Å²) in [5.41, 5.74) is 10.4. The molecule has 0 radical (unpaired) electrons. The molecule has 1 aromatic rings. The molecule has 1 aromatic carbocycles. The average Bonchev–Trinajstić information content (AvgIpc) is 3.17. The summed E-state index contributed by atoms with van der Waals surface area (Å²) in [6.45, 7) is 4.24. The molecule has 0 saturated heterocycles. The molecule has 3 atom stereocenters. The summed E-state index contributed by atoms with van der Waals surface area (Å²) in [4.78, 5) is 0. The van der Waals surface area contributed by atoms with Crippen molar-refractivity contribution in [3.8, 4) is 0 Å². The number of aliphatic hydroxyl groups excluding tert-OH is 1. The van der Waals surface area contributed by atoms with Crippen LogP contribution in [0, 0.1) is 5.92 Å². The number of benzene rings is 1. The molecule has 0 aromatic heterocycles. The van der Waals surface area contributed by atoms with E-state index in [-0.39, 0.29) is 12.1 Å². The van der Waals surface area contributed by atoms with Gasteiger partial charge in [-0.25, -0.2) is 0 Å². The molecule has 3 N–H and O–H groups in total. The smallest absolute Gasteiger partial charge is 0.0611 e. The quantitative estimate of drug-likeness (QED) is 0.394. The molecule has 0 bridgehead atoms. The number of hydrogen-bond acceptors (Lipinski definition) is 3. The molecule has 0 unspecified atom stereocenters. The number of unbranched alkanes of at least 4 members (excludes halogenated alkanes) is 7. The summed E-state index contributed by atoms with van der Waals surface area (Å²) in [6, 6.07) is 7.10. The zero-order valence-electron chi connectivity index (χ0n) is 19.3. The Hall–Kier alpha value is -0.900. The minimum Gasteiger partial charge on any atom is -0.394 e. The van der Waals surface area contributed by atoms with E-state index in [2.05, 4.69) is 25.1 Å².